The summed E-state index contributed by atoms with van der Waals surface area (Å²) < 4.78 is 11.8. The Labute approximate surface area is 91.4 Å². The molecule has 7 heteroatoms. The number of aliphatic hydroxyl groups is 1. The average molecular weight is 227 g/mol. The third-order valence-electron chi connectivity index (χ3n) is 2.26. The minimum Gasteiger partial charge on any atom is -0.391 e. The molecule has 2 rings (SSSR count). The maximum Gasteiger partial charge on any atom is 0.349 e. The summed E-state index contributed by atoms with van der Waals surface area (Å²) in [5.74, 6) is 0.193. The van der Waals surface area contributed by atoms with E-state index < -0.39 is 12.0 Å². The Morgan fingerprint density at radius 2 is 2.50 bits per heavy atom. The van der Waals surface area contributed by atoms with Gasteiger partial charge in [0.15, 0.2) is 6.29 Å². The fraction of sp³-hybridized carbons (Fsp3) is 0.556. The lowest BCUT2D eigenvalue weighted by molar-refractivity contribution is -0.0893. The smallest absolute Gasteiger partial charge is 0.349 e. The SMILES string of the molecule is Nc1ccn(C[C@H]2CO[C@@H](CO)O2)c(=O)n1. The van der Waals surface area contributed by atoms with Gasteiger partial charge in [0.1, 0.15) is 11.9 Å². The molecule has 1 aliphatic heterocycles. The van der Waals surface area contributed by atoms with Crippen molar-refractivity contribution in [1.82, 2.24) is 9.55 Å². The molecule has 1 fully saturated rings. The van der Waals surface area contributed by atoms with Gasteiger partial charge in [-0.15, -0.1) is 0 Å². The molecule has 2 heterocycles. The summed E-state index contributed by atoms with van der Waals surface area (Å²) in [6.45, 7) is 0.496. The second-order valence-electron chi connectivity index (χ2n) is 3.49. The molecule has 1 saturated heterocycles. The lowest BCUT2D eigenvalue weighted by atomic mass is 10.4. The third-order valence-corrected chi connectivity index (χ3v) is 2.26. The largest absolute Gasteiger partial charge is 0.391 e. The molecule has 0 spiro atoms. The molecule has 88 valence electrons. The van der Waals surface area contributed by atoms with E-state index in [9.17, 15) is 4.79 Å². The van der Waals surface area contributed by atoms with Gasteiger partial charge in [0.2, 0.25) is 0 Å². The highest BCUT2D eigenvalue weighted by atomic mass is 16.7. The van der Waals surface area contributed by atoms with E-state index in [1.165, 1.54) is 4.57 Å². The van der Waals surface area contributed by atoms with Crippen LogP contribution in [0.25, 0.3) is 0 Å². The molecule has 2 atom stereocenters. The molecule has 16 heavy (non-hydrogen) atoms. The van der Waals surface area contributed by atoms with Crippen molar-refractivity contribution in [2.24, 2.45) is 0 Å². The van der Waals surface area contributed by atoms with Crippen LogP contribution in [0.2, 0.25) is 0 Å². The fourth-order valence-corrected chi connectivity index (χ4v) is 1.50. The Morgan fingerprint density at radius 3 is 3.12 bits per heavy atom. The lowest BCUT2D eigenvalue weighted by Crippen LogP contribution is -2.30. The van der Waals surface area contributed by atoms with Crippen molar-refractivity contribution in [2.75, 3.05) is 18.9 Å². The fourth-order valence-electron chi connectivity index (χ4n) is 1.50. The van der Waals surface area contributed by atoms with Gasteiger partial charge in [-0.05, 0) is 6.07 Å². The first kappa shape index (κ1) is 11.1. The second kappa shape index (κ2) is 4.60. The predicted octanol–water partition coefficient (Wildman–Crippen LogP) is -1.44. The van der Waals surface area contributed by atoms with Crippen LogP contribution in [-0.2, 0) is 16.0 Å². The van der Waals surface area contributed by atoms with Gasteiger partial charge in [0.05, 0.1) is 19.8 Å². The first-order valence-electron chi connectivity index (χ1n) is 4.90. The first-order chi connectivity index (χ1) is 7.69. The maximum absolute atomic E-state index is 11.4. The molecule has 0 unspecified atom stereocenters. The Morgan fingerprint density at radius 1 is 1.69 bits per heavy atom. The van der Waals surface area contributed by atoms with E-state index in [1.54, 1.807) is 12.3 Å². The van der Waals surface area contributed by atoms with E-state index in [4.69, 9.17) is 20.3 Å². The van der Waals surface area contributed by atoms with Crippen molar-refractivity contribution in [2.45, 2.75) is 18.9 Å². The zero-order valence-electron chi connectivity index (χ0n) is 8.57. The number of anilines is 1. The highest BCUT2D eigenvalue weighted by Gasteiger charge is 2.25. The monoisotopic (exact) mass is 227 g/mol. The van der Waals surface area contributed by atoms with Gasteiger partial charge in [-0.2, -0.15) is 4.98 Å². The minimum absolute atomic E-state index is 0.189. The van der Waals surface area contributed by atoms with Crippen molar-refractivity contribution in [1.29, 1.82) is 0 Å². The van der Waals surface area contributed by atoms with Gasteiger partial charge in [-0.1, -0.05) is 0 Å². The number of nitrogens with zero attached hydrogens (tertiary/aromatic N) is 2. The quantitative estimate of drug-likeness (QED) is 0.656. The van der Waals surface area contributed by atoms with E-state index in [-0.39, 0.29) is 18.5 Å². The Bertz CT molecular complexity index is 419. The van der Waals surface area contributed by atoms with Gasteiger partial charge in [-0.3, -0.25) is 4.57 Å². The second-order valence-corrected chi connectivity index (χ2v) is 3.49. The van der Waals surface area contributed by atoms with E-state index >= 15 is 0 Å². The first-order valence-corrected chi connectivity index (χ1v) is 4.90. The van der Waals surface area contributed by atoms with E-state index in [0.717, 1.165) is 0 Å². The van der Waals surface area contributed by atoms with E-state index in [0.29, 0.717) is 13.2 Å². The maximum atomic E-state index is 11.4. The zero-order chi connectivity index (χ0) is 11.5. The van der Waals surface area contributed by atoms with Gasteiger partial charge >= 0.3 is 5.69 Å². The zero-order valence-corrected chi connectivity index (χ0v) is 8.57. The molecule has 1 aromatic heterocycles. The molecule has 0 aromatic carbocycles. The summed E-state index contributed by atoms with van der Waals surface area (Å²) in [4.78, 5) is 15.0. The van der Waals surface area contributed by atoms with Gasteiger partial charge in [0, 0.05) is 6.20 Å². The molecular weight excluding hydrogens is 214 g/mol. The normalized spacial score (nSPS) is 24.8. The number of nitrogen functional groups attached to an aromatic ring is 1. The molecule has 0 radical (unpaired) electrons. The summed E-state index contributed by atoms with van der Waals surface area (Å²) in [6, 6.07) is 1.54. The molecule has 0 saturated carbocycles. The van der Waals surface area contributed by atoms with Gasteiger partial charge < -0.3 is 20.3 Å². The lowest BCUT2D eigenvalue weighted by Gasteiger charge is -2.10. The van der Waals surface area contributed by atoms with E-state index in [1.807, 2.05) is 0 Å². The summed E-state index contributed by atoms with van der Waals surface area (Å²) in [7, 11) is 0. The number of rotatable bonds is 3. The summed E-state index contributed by atoms with van der Waals surface area (Å²) in [6.07, 6.45) is 0.711. The molecule has 1 aliphatic rings. The Balaban J connectivity index is 2.02. The summed E-state index contributed by atoms with van der Waals surface area (Å²) in [5, 5.41) is 8.79. The summed E-state index contributed by atoms with van der Waals surface area (Å²) >= 11 is 0. The van der Waals surface area contributed by atoms with Crippen LogP contribution >= 0.6 is 0 Å². The topological polar surface area (TPSA) is 99.6 Å². The summed E-state index contributed by atoms with van der Waals surface area (Å²) in [5.41, 5.74) is 4.95. The number of ether oxygens (including phenoxy) is 2. The minimum atomic E-state index is -0.595. The molecule has 0 amide bonds. The van der Waals surface area contributed by atoms with Crippen molar-refractivity contribution in [3.63, 3.8) is 0 Å². The van der Waals surface area contributed by atoms with Crippen molar-refractivity contribution >= 4 is 5.82 Å². The van der Waals surface area contributed by atoms with Crippen molar-refractivity contribution in [3.05, 3.63) is 22.7 Å². The number of hydrogen-bond donors (Lipinski definition) is 2. The van der Waals surface area contributed by atoms with Crippen LogP contribution < -0.4 is 11.4 Å². The van der Waals surface area contributed by atoms with Gasteiger partial charge in [-0.25, -0.2) is 4.79 Å². The number of hydrogen-bond acceptors (Lipinski definition) is 6. The Kier molecular flexibility index (Phi) is 3.18. The van der Waals surface area contributed by atoms with Crippen molar-refractivity contribution < 1.29 is 14.6 Å². The van der Waals surface area contributed by atoms with Crippen molar-refractivity contribution in [3.8, 4) is 0 Å². The number of aliphatic hydroxyl groups excluding tert-OH is 1. The highest BCUT2D eigenvalue weighted by Crippen LogP contribution is 2.12. The molecule has 1 aromatic rings. The van der Waals surface area contributed by atoms with Crippen LogP contribution in [0.1, 0.15) is 0 Å². The van der Waals surface area contributed by atoms with Crippen LogP contribution in [0.15, 0.2) is 17.1 Å². The van der Waals surface area contributed by atoms with Crippen LogP contribution in [0, 0.1) is 0 Å². The third kappa shape index (κ3) is 2.38. The molecule has 3 N–H and O–H groups in total. The van der Waals surface area contributed by atoms with Crippen LogP contribution in [-0.4, -0.2) is 40.3 Å². The van der Waals surface area contributed by atoms with E-state index in [2.05, 4.69) is 4.98 Å². The molecule has 0 bridgehead atoms. The number of nitrogens with two attached hydrogens (primary N) is 1. The van der Waals surface area contributed by atoms with Crippen LogP contribution in [0.5, 0.6) is 0 Å². The molecule has 0 aliphatic carbocycles. The average Bonchev–Trinajstić information content (AvgIpc) is 2.70. The molecule has 7 nitrogen and oxygen atoms in total. The Hall–Kier alpha value is -1.44. The predicted molar refractivity (Wildman–Crippen MR) is 54.6 cm³/mol. The highest BCUT2D eigenvalue weighted by molar-refractivity contribution is 5.23. The standard InChI is InChI=1S/C9H13N3O4/c10-7-1-2-12(9(14)11-7)3-6-5-15-8(4-13)16-6/h1-2,6,8,13H,3-5H2,(H2,10,11,14)/t6-,8+/m0/s1. The van der Waals surface area contributed by atoms with Crippen LogP contribution in [0.4, 0.5) is 5.82 Å². The van der Waals surface area contributed by atoms with Crippen LogP contribution in [0.3, 0.4) is 0 Å². The number of aromatic nitrogens is 2. The van der Waals surface area contributed by atoms with Gasteiger partial charge in [0.25, 0.3) is 0 Å². The molecular formula is C9H13N3O4.